The summed E-state index contributed by atoms with van der Waals surface area (Å²) in [5, 5.41) is 0. The molecule has 0 bridgehead atoms. The van der Waals surface area contributed by atoms with Gasteiger partial charge >= 0.3 is 0 Å². The van der Waals surface area contributed by atoms with Gasteiger partial charge in [0.25, 0.3) is 0 Å². The standard InChI is InChI=1S/C18H38OSi/c1-15(2)20(16(3)4,17(5)6)13-12-19-14-18-10-8-7-9-11-18/h15-18H,7-14H2,1-6H3. The van der Waals surface area contributed by atoms with Crippen molar-refractivity contribution in [3.05, 3.63) is 0 Å². The molecule has 0 atom stereocenters. The zero-order valence-corrected chi connectivity index (χ0v) is 15.9. The van der Waals surface area contributed by atoms with Crippen molar-refractivity contribution in [2.75, 3.05) is 13.2 Å². The van der Waals surface area contributed by atoms with Crippen LogP contribution in [0.1, 0.15) is 73.6 Å². The lowest BCUT2D eigenvalue weighted by Crippen LogP contribution is -2.45. The molecule has 0 N–H and O–H groups in total. The fraction of sp³-hybridized carbons (Fsp3) is 1.00. The quantitative estimate of drug-likeness (QED) is 0.379. The van der Waals surface area contributed by atoms with Crippen molar-refractivity contribution in [2.24, 2.45) is 5.92 Å². The molecule has 0 aromatic rings. The molecule has 1 aliphatic carbocycles. The SMILES string of the molecule is CC(C)[Si](CCOCC1CCCCC1)(C(C)C)C(C)C. The molecule has 0 aromatic carbocycles. The highest BCUT2D eigenvalue weighted by atomic mass is 28.3. The van der Waals surface area contributed by atoms with Gasteiger partial charge in [-0.3, -0.25) is 0 Å². The normalized spacial score (nSPS) is 18.4. The van der Waals surface area contributed by atoms with E-state index in [1.165, 1.54) is 38.1 Å². The molecule has 0 heterocycles. The number of hydrogen-bond acceptors (Lipinski definition) is 1. The molecule has 0 unspecified atom stereocenters. The molecule has 1 saturated carbocycles. The van der Waals surface area contributed by atoms with Crippen LogP contribution in [-0.4, -0.2) is 21.3 Å². The second kappa shape index (κ2) is 8.58. The van der Waals surface area contributed by atoms with Gasteiger partial charge in [-0.15, -0.1) is 0 Å². The first-order valence-corrected chi connectivity index (χ1v) is 11.4. The molecule has 0 spiro atoms. The second-order valence-electron chi connectivity index (χ2n) is 7.91. The summed E-state index contributed by atoms with van der Waals surface area (Å²) in [5.41, 5.74) is 2.59. The average molecular weight is 299 g/mol. The second-order valence-corrected chi connectivity index (χ2v) is 14.1. The molecule has 0 saturated heterocycles. The highest BCUT2D eigenvalue weighted by Gasteiger charge is 2.41. The average Bonchev–Trinajstić information content (AvgIpc) is 2.38. The Bertz CT molecular complexity index is 232. The van der Waals surface area contributed by atoms with Gasteiger partial charge in [0, 0.05) is 13.2 Å². The third kappa shape index (κ3) is 4.59. The predicted octanol–water partition coefficient (Wildman–Crippen LogP) is 6.26. The first-order valence-electron chi connectivity index (χ1n) is 8.99. The van der Waals surface area contributed by atoms with Crippen LogP contribution in [0.25, 0.3) is 0 Å². The molecule has 0 radical (unpaired) electrons. The minimum Gasteiger partial charge on any atom is -0.381 e. The molecule has 0 aromatic heterocycles. The van der Waals surface area contributed by atoms with Crippen LogP contribution >= 0.6 is 0 Å². The summed E-state index contributed by atoms with van der Waals surface area (Å²) in [5.74, 6) is 0.858. The monoisotopic (exact) mass is 298 g/mol. The van der Waals surface area contributed by atoms with Gasteiger partial charge in [-0.25, -0.2) is 0 Å². The Morgan fingerprint density at radius 3 is 1.80 bits per heavy atom. The fourth-order valence-corrected chi connectivity index (χ4v) is 10.9. The Morgan fingerprint density at radius 1 is 0.850 bits per heavy atom. The number of hydrogen-bond donors (Lipinski definition) is 0. The summed E-state index contributed by atoms with van der Waals surface area (Å²) in [6, 6.07) is 1.35. The summed E-state index contributed by atoms with van der Waals surface area (Å²) < 4.78 is 6.11. The lowest BCUT2D eigenvalue weighted by Gasteiger charge is -2.43. The Morgan fingerprint density at radius 2 is 1.35 bits per heavy atom. The van der Waals surface area contributed by atoms with E-state index >= 15 is 0 Å². The van der Waals surface area contributed by atoms with E-state index in [4.69, 9.17) is 4.74 Å². The van der Waals surface area contributed by atoms with Crippen LogP contribution in [0.3, 0.4) is 0 Å². The van der Waals surface area contributed by atoms with Gasteiger partial charge in [0.05, 0.1) is 8.07 Å². The van der Waals surface area contributed by atoms with E-state index in [0.29, 0.717) is 0 Å². The Balaban J connectivity index is 2.42. The van der Waals surface area contributed by atoms with Gasteiger partial charge in [0.2, 0.25) is 0 Å². The van der Waals surface area contributed by atoms with E-state index in [9.17, 15) is 0 Å². The Labute approximate surface area is 128 Å². The van der Waals surface area contributed by atoms with E-state index in [-0.39, 0.29) is 0 Å². The van der Waals surface area contributed by atoms with Crippen molar-refractivity contribution in [3.63, 3.8) is 0 Å². The topological polar surface area (TPSA) is 9.23 Å². The molecule has 1 rings (SSSR count). The van der Waals surface area contributed by atoms with Crippen LogP contribution < -0.4 is 0 Å². The van der Waals surface area contributed by atoms with Crippen molar-refractivity contribution in [2.45, 2.75) is 96.3 Å². The van der Waals surface area contributed by atoms with Gasteiger partial charge in [0.1, 0.15) is 0 Å². The Hall–Kier alpha value is 0.177. The maximum absolute atomic E-state index is 6.11. The van der Waals surface area contributed by atoms with Gasteiger partial charge in [0.15, 0.2) is 0 Å². The number of rotatable bonds is 8. The van der Waals surface area contributed by atoms with Gasteiger partial charge < -0.3 is 4.74 Å². The summed E-state index contributed by atoms with van der Waals surface area (Å²) >= 11 is 0. The number of ether oxygens (including phenoxy) is 1. The maximum atomic E-state index is 6.11. The van der Waals surface area contributed by atoms with Crippen LogP contribution in [0.15, 0.2) is 0 Å². The van der Waals surface area contributed by atoms with E-state index in [0.717, 1.165) is 35.8 Å². The van der Waals surface area contributed by atoms with Crippen molar-refractivity contribution in [1.82, 2.24) is 0 Å². The van der Waals surface area contributed by atoms with Crippen LogP contribution in [0.2, 0.25) is 22.7 Å². The molecule has 1 aliphatic rings. The maximum Gasteiger partial charge on any atom is 0.0635 e. The van der Waals surface area contributed by atoms with E-state index in [1.54, 1.807) is 0 Å². The predicted molar refractivity (Wildman–Crippen MR) is 93.2 cm³/mol. The van der Waals surface area contributed by atoms with Crippen LogP contribution in [0.4, 0.5) is 0 Å². The summed E-state index contributed by atoms with van der Waals surface area (Å²) in [4.78, 5) is 0. The minimum atomic E-state index is -1.24. The lowest BCUT2D eigenvalue weighted by atomic mass is 9.90. The Kier molecular flexibility index (Phi) is 7.82. The van der Waals surface area contributed by atoms with E-state index < -0.39 is 8.07 Å². The molecule has 20 heavy (non-hydrogen) atoms. The highest BCUT2D eigenvalue weighted by molar-refractivity contribution is 6.83. The van der Waals surface area contributed by atoms with Crippen LogP contribution in [-0.2, 0) is 4.74 Å². The first-order chi connectivity index (χ1) is 9.41. The van der Waals surface area contributed by atoms with E-state index in [2.05, 4.69) is 41.5 Å². The lowest BCUT2D eigenvalue weighted by molar-refractivity contribution is 0.0937. The summed E-state index contributed by atoms with van der Waals surface area (Å²) in [7, 11) is -1.24. The molecule has 120 valence electrons. The molecule has 0 aliphatic heterocycles. The minimum absolute atomic E-state index is 0.858. The molecule has 1 nitrogen and oxygen atoms in total. The smallest absolute Gasteiger partial charge is 0.0635 e. The highest BCUT2D eigenvalue weighted by Crippen LogP contribution is 2.44. The van der Waals surface area contributed by atoms with Crippen molar-refractivity contribution in [1.29, 1.82) is 0 Å². The van der Waals surface area contributed by atoms with Gasteiger partial charge in [-0.05, 0) is 24.8 Å². The van der Waals surface area contributed by atoms with Gasteiger partial charge in [-0.2, -0.15) is 0 Å². The fourth-order valence-electron chi connectivity index (χ4n) is 4.72. The first kappa shape index (κ1) is 18.2. The van der Waals surface area contributed by atoms with Crippen molar-refractivity contribution < 1.29 is 4.74 Å². The van der Waals surface area contributed by atoms with Crippen LogP contribution in [0, 0.1) is 5.92 Å². The third-order valence-electron chi connectivity index (χ3n) is 5.98. The van der Waals surface area contributed by atoms with Gasteiger partial charge in [-0.1, -0.05) is 77.4 Å². The van der Waals surface area contributed by atoms with E-state index in [1.807, 2.05) is 0 Å². The van der Waals surface area contributed by atoms with Crippen molar-refractivity contribution in [3.8, 4) is 0 Å². The van der Waals surface area contributed by atoms with Crippen LogP contribution in [0.5, 0.6) is 0 Å². The largest absolute Gasteiger partial charge is 0.381 e. The summed E-state index contributed by atoms with van der Waals surface area (Å²) in [6.07, 6.45) is 7.11. The zero-order valence-electron chi connectivity index (χ0n) is 14.9. The molecular weight excluding hydrogens is 260 g/mol. The van der Waals surface area contributed by atoms with Crippen molar-refractivity contribution >= 4 is 8.07 Å². The summed E-state index contributed by atoms with van der Waals surface area (Å²) in [6.45, 7) is 16.7. The third-order valence-corrected chi connectivity index (χ3v) is 13.5. The molecule has 1 fully saturated rings. The zero-order chi connectivity index (χ0) is 15.2. The molecular formula is C18H38OSi. The molecule has 0 amide bonds. The molecule has 2 heteroatoms.